The van der Waals surface area contributed by atoms with E-state index >= 15 is 0 Å². The van der Waals surface area contributed by atoms with Crippen molar-refractivity contribution in [2.45, 2.75) is 38.0 Å². The third-order valence-corrected chi connectivity index (χ3v) is 3.45. The van der Waals surface area contributed by atoms with Gasteiger partial charge in [0.1, 0.15) is 12.6 Å². The van der Waals surface area contributed by atoms with Crippen LogP contribution in [0.25, 0.3) is 0 Å². The summed E-state index contributed by atoms with van der Waals surface area (Å²) in [5, 5.41) is 14.6. The fourth-order valence-electron chi connectivity index (χ4n) is 2.08. The topological polar surface area (TPSA) is 131 Å². The molecule has 0 radical (unpaired) electrons. The zero-order chi connectivity index (χ0) is 19.4. The number of carbonyl (C=O) groups excluding carboxylic acids is 3. The number of ether oxygens (including phenoxy) is 1. The average Bonchev–Trinajstić information content (AvgIpc) is 2.62. The summed E-state index contributed by atoms with van der Waals surface area (Å²) >= 11 is 0. The van der Waals surface area contributed by atoms with E-state index in [1.807, 2.05) is 30.3 Å². The molecule has 0 aromatic heterocycles. The fraction of sp³-hybridized carbons (Fsp3) is 0.389. The first-order valence-electron chi connectivity index (χ1n) is 8.24. The first-order chi connectivity index (χ1) is 12.4. The van der Waals surface area contributed by atoms with Crippen LogP contribution < -0.4 is 16.4 Å². The van der Waals surface area contributed by atoms with Gasteiger partial charge in [-0.3, -0.25) is 9.59 Å². The van der Waals surface area contributed by atoms with Gasteiger partial charge in [-0.1, -0.05) is 36.4 Å². The maximum Gasteiger partial charge on any atom is 0.407 e. The number of primary amides is 1. The van der Waals surface area contributed by atoms with Crippen molar-refractivity contribution < 1.29 is 24.2 Å². The van der Waals surface area contributed by atoms with Gasteiger partial charge in [-0.25, -0.2) is 4.79 Å². The number of hydrogen-bond acceptors (Lipinski definition) is 5. The van der Waals surface area contributed by atoms with Crippen molar-refractivity contribution in [1.82, 2.24) is 10.6 Å². The second-order valence-electron chi connectivity index (χ2n) is 5.69. The Morgan fingerprint density at radius 2 is 1.96 bits per heavy atom. The second-order valence-corrected chi connectivity index (χ2v) is 5.69. The number of nitrogens with one attached hydrogen (secondary N) is 2. The Morgan fingerprint density at radius 3 is 2.58 bits per heavy atom. The largest absolute Gasteiger partial charge is 0.445 e. The van der Waals surface area contributed by atoms with Crippen LogP contribution >= 0.6 is 0 Å². The average molecular weight is 363 g/mol. The number of rotatable bonds is 11. The lowest BCUT2D eigenvalue weighted by Crippen LogP contribution is -2.46. The summed E-state index contributed by atoms with van der Waals surface area (Å²) in [6.45, 7) is 3.48. The quantitative estimate of drug-likeness (QED) is 0.428. The summed E-state index contributed by atoms with van der Waals surface area (Å²) in [6, 6.07) is 8.31. The summed E-state index contributed by atoms with van der Waals surface area (Å²) in [6.07, 6.45) is 0.371. The zero-order valence-electron chi connectivity index (χ0n) is 14.5. The minimum absolute atomic E-state index is 0.104. The number of aliphatic hydroxyl groups is 1. The molecule has 0 heterocycles. The minimum Gasteiger partial charge on any atom is -0.445 e. The molecule has 8 nitrogen and oxygen atoms in total. The van der Waals surface area contributed by atoms with Crippen LogP contribution in [0.2, 0.25) is 0 Å². The maximum atomic E-state index is 11.8. The van der Waals surface area contributed by atoms with Gasteiger partial charge in [0.15, 0.2) is 0 Å². The second kappa shape index (κ2) is 11.6. The monoisotopic (exact) mass is 363 g/mol. The molecule has 5 N–H and O–H groups in total. The smallest absolute Gasteiger partial charge is 0.407 e. The van der Waals surface area contributed by atoms with Crippen LogP contribution in [0.15, 0.2) is 43.0 Å². The number of benzene rings is 1. The highest BCUT2D eigenvalue weighted by atomic mass is 16.5. The summed E-state index contributed by atoms with van der Waals surface area (Å²) < 4.78 is 4.99. The normalized spacial score (nSPS) is 12.5. The predicted octanol–water partition coefficient (Wildman–Crippen LogP) is 0.600. The van der Waals surface area contributed by atoms with Gasteiger partial charge in [-0.05, 0) is 18.4 Å². The van der Waals surface area contributed by atoms with Gasteiger partial charge < -0.3 is 26.2 Å². The van der Waals surface area contributed by atoms with E-state index in [1.165, 1.54) is 0 Å². The maximum absolute atomic E-state index is 11.8. The van der Waals surface area contributed by atoms with Crippen LogP contribution in [0.4, 0.5) is 4.79 Å². The molecular formula is C18H25N3O5. The molecule has 1 rings (SSSR count). The Morgan fingerprint density at radius 1 is 1.27 bits per heavy atom. The van der Waals surface area contributed by atoms with Crippen molar-refractivity contribution in [3.63, 3.8) is 0 Å². The van der Waals surface area contributed by atoms with E-state index in [-0.39, 0.29) is 19.6 Å². The number of nitrogens with two attached hydrogens (primary N) is 1. The molecule has 0 aliphatic carbocycles. The number of aliphatic hydroxyl groups excluding tert-OH is 1. The molecule has 1 aromatic rings. The van der Waals surface area contributed by atoms with Crippen molar-refractivity contribution in [3.05, 3.63) is 48.6 Å². The van der Waals surface area contributed by atoms with Crippen molar-refractivity contribution in [3.8, 4) is 0 Å². The van der Waals surface area contributed by atoms with Crippen LogP contribution in [0.5, 0.6) is 0 Å². The highest BCUT2D eigenvalue weighted by Crippen LogP contribution is 2.01. The molecule has 1 aromatic carbocycles. The van der Waals surface area contributed by atoms with E-state index in [9.17, 15) is 19.5 Å². The zero-order valence-corrected chi connectivity index (χ0v) is 14.5. The number of allylic oxidation sites excluding steroid dienone is 1. The Bertz CT molecular complexity index is 606. The molecule has 0 spiro atoms. The minimum atomic E-state index is -1.12. The van der Waals surface area contributed by atoms with E-state index in [0.717, 1.165) is 5.56 Å². The standard InChI is InChI=1S/C18H25N3O5/c1-2-3-9-15(17(19)24)21-16(23)10-14(22)11-20-18(25)26-12-13-7-5-4-6-8-13/h2,4-8,14-15,22H,1,3,9-12H2,(H2,19,24)(H,20,25)(H,21,23)/t14-,15-/m1/s1. The van der Waals surface area contributed by atoms with E-state index in [4.69, 9.17) is 10.5 Å². The SMILES string of the molecule is C=CCC[C@@H](NC(=O)C[C@@H](O)CNC(=O)OCc1ccccc1)C(N)=O. The number of hydrogen-bond donors (Lipinski definition) is 4. The van der Waals surface area contributed by atoms with E-state index in [1.54, 1.807) is 6.08 Å². The van der Waals surface area contributed by atoms with Gasteiger partial charge in [-0.2, -0.15) is 0 Å². The Hall–Kier alpha value is -2.87. The molecule has 0 saturated carbocycles. The molecule has 0 aliphatic rings. The Balaban J connectivity index is 2.28. The summed E-state index contributed by atoms with van der Waals surface area (Å²) in [7, 11) is 0. The van der Waals surface area contributed by atoms with Crippen LogP contribution in [-0.4, -0.2) is 41.7 Å². The van der Waals surface area contributed by atoms with Crippen molar-refractivity contribution in [1.29, 1.82) is 0 Å². The van der Waals surface area contributed by atoms with Crippen LogP contribution in [-0.2, 0) is 20.9 Å². The van der Waals surface area contributed by atoms with Gasteiger partial charge in [0, 0.05) is 6.54 Å². The van der Waals surface area contributed by atoms with Crippen LogP contribution in [0, 0.1) is 0 Å². The fourth-order valence-corrected chi connectivity index (χ4v) is 2.08. The van der Waals surface area contributed by atoms with Gasteiger partial charge in [0.05, 0.1) is 12.5 Å². The lowest BCUT2D eigenvalue weighted by molar-refractivity contribution is -0.128. The van der Waals surface area contributed by atoms with Gasteiger partial charge in [-0.15, -0.1) is 6.58 Å². The molecule has 26 heavy (non-hydrogen) atoms. The lowest BCUT2D eigenvalue weighted by Gasteiger charge is -2.16. The predicted molar refractivity (Wildman–Crippen MR) is 95.8 cm³/mol. The number of amides is 3. The van der Waals surface area contributed by atoms with Crippen molar-refractivity contribution in [2.75, 3.05) is 6.54 Å². The van der Waals surface area contributed by atoms with E-state index < -0.39 is 30.1 Å². The van der Waals surface area contributed by atoms with E-state index in [2.05, 4.69) is 17.2 Å². The first kappa shape index (κ1) is 21.2. The third-order valence-electron chi connectivity index (χ3n) is 3.45. The molecule has 0 bridgehead atoms. The molecular weight excluding hydrogens is 338 g/mol. The highest BCUT2D eigenvalue weighted by molar-refractivity contribution is 5.86. The highest BCUT2D eigenvalue weighted by Gasteiger charge is 2.19. The molecule has 0 saturated heterocycles. The number of carbonyl (C=O) groups is 3. The molecule has 0 aliphatic heterocycles. The summed E-state index contributed by atoms with van der Waals surface area (Å²) in [5.41, 5.74) is 6.05. The van der Waals surface area contributed by atoms with Gasteiger partial charge >= 0.3 is 6.09 Å². The molecule has 3 amide bonds. The molecule has 0 fully saturated rings. The molecule has 8 heteroatoms. The van der Waals surface area contributed by atoms with Crippen LogP contribution in [0.1, 0.15) is 24.8 Å². The van der Waals surface area contributed by atoms with Gasteiger partial charge in [0.2, 0.25) is 11.8 Å². The molecule has 2 atom stereocenters. The Labute approximate surface area is 152 Å². The van der Waals surface area contributed by atoms with Gasteiger partial charge in [0.25, 0.3) is 0 Å². The third kappa shape index (κ3) is 8.84. The van der Waals surface area contributed by atoms with E-state index in [0.29, 0.717) is 12.8 Å². The number of alkyl carbamates (subject to hydrolysis) is 1. The summed E-state index contributed by atoms with van der Waals surface area (Å²) in [5.74, 6) is -1.19. The Kier molecular flexibility index (Phi) is 9.48. The molecule has 0 unspecified atom stereocenters. The first-order valence-corrected chi connectivity index (χ1v) is 8.24. The van der Waals surface area contributed by atoms with Crippen molar-refractivity contribution in [2.24, 2.45) is 5.73 Å². The van der Waals surface area contributed by atoms with Crippen molar-refractivity contribution >= 4 is 17.9 Å². The molecule has 142 valence electrons. The van der Waals surface area contributed by atoms with Crippen LogP contribution in [0.3, 0.4) is 0 Å². The summed E-state index contributed by atoms with van der Waals surface area (Å²) in [4.78, 5) is 34.7. The lowest BCUT2D eigenvalue weighted by atomic mass is 10.1.